The van der Waals surface area contributed by atoms with Gasteiger partial charge in [-0.3, -0.25) is 19.5 Å². The van der Waals surface area contributed by atoms with Crippen LogP contribution in [-0.4, -0.2) is 32.8 Å². The highest BCUT2D eigenvalue weighted by Crippen LogP contribution is 2.24. The second-order valence-electron chi connectivity index (χ2n) is 8.82. The summed E-state index contributed by atoms with van der Waals surface area (Å²) in [6, 6.07) is 26.1. The van der Waals surface area contributed by atoms with Crippen LogP contribution in [0.5, 0.6) is 0 Å². The van der Waals surface area contributed by atoms with Crippen LogP contribution in [0.3, 0.4) is 0 Å². The number of aryl methyl sites for hydroxylation is 1. The van der Waals surface area contributed by atoms with E-state index in [2.05, 4.69) is 10.3 Å². The molecule has 0 fully saturated rings. The standard InChI is InChI=1S/C30H25FN4O3/c1-21-9-11-23(12-10-21)29(37)34(18-26-8-5-17-38-26)20-28(36)33-30-32-27(22-6-3-2-4-7-22)19-35(30)25-15-13-24(31)14-16-25/h2-17,19H,18,20H2,1H3,(H,32,33,36). The zero-order valence-corrected chi connectivity index (χ0v) is 20.7. The van der Waals surface area contributed by atoms with Crippen molar-refractivity contribution in [2.24, 2.45) is 0 Å². The molecular formula is C30H25FN4O3. The van der Waals surface area contributed by atoms with E-state index in [1.165, 1.54) is 23.3 Å². The van der Waals surface area contributed by atoms with E-state index in [1.54, 1.807) is 47.2 Å². The maximum Gasteiger partial charge on any atom is 0.254 e. The summed E-state index contributed by atoms with van der Waals surface area (Å²) in [4.78, 5) is 32.7. The summed E-state index contributed by atoms with van der Waals surface area (Å²) in [6.07, 6.45) is 3.30. The minimum atomic E-state index is -0.439. The molecule has 0 bridgehead atoms. The molecule has 2 heterocycles. The first kappa shape index (κ1) is 24.7. The number of hydrogen-bond donors (Lipinski definition) is 1. The molecule has 0 spiro atoms. The van der Waals surface area contributed by atoms with E-state index in [4.69, 9.17) is 4.42 Å². The average Bonchev–Trinajstić information content (AvgIpc) is 3.60. The third-order valence-electron chi connectivity index (χ3n) is 5.98. The van der Waals surface area contributed by atoms with Crippen molar-refractivity contribution in [3.63, 3.8) is 0 Å². The maximum absolute atomic E-state index is 13.6. The van der Waals surface area contributed by atoms with Gasteiger partial charge in [-0.05, 0) is 55.5 Å². The van der Waals surface area contributed by atoms with Gasteiger partial charge >= 0.3 is 0 Å². The molecule has 5 aromatic rings. The monoisotopic (exact) mass is 508 g/mol. The Morgan fingerprint density at radius 1 is 0.947 bits per heavy atom. The minimum Gasteiger partial charge on any atom is -0.467 e. The number of furan rings is 1. The average molecular weight is 509 g/mol. The second-order valence-corrected chi connectivity index (χ2v) is 8.82. The van der Waals surface area contributed by atoms with Crippen LogP contribution in [0, 0.1) is 12.7 Å². The number of halogens is 1. The van der Waals surface area contributed by atoms with E-state index in [0.717, 1.165) is 11.1 Å². The van der Waals surface area contributed by atoms with Gasteiger partial charge in [-0.15, -0.1) is 0 Å². The molecule has 2 amide bonds. The maximum atomic E-state index is 13.6. The minimum absolute atomic E-state index is 0.120. The molecule has 38 heavy (non-hydrogen) atoms. The highest BCUT2D eigenvalue weighted by molar-refractivity contribution is 5.99. The molecule has 1 N–H and O–H groups in total. The fraction of sp³-hybridized carbons (Fsp3) is 0.100. The first-order valence-corrected chi connectivity index (χ1v) is 12.1. The number of hydrogen-bond acceptors (Lipinski definition) is 4. The largest absolute Gasteiger partial charge is 0.467 e. The summed E-state index contributed by atoms with van der Waals surface area (Å²) < 4.78 is 20.7. The van der Waals surface area contributed by atoms with Gasteiger partial charge in [0.05, 0.1) is 18.5 Å². The van der Waals surface area contributed by atoms with Gasteiger partial charge in [0.25, 0.3) is 5.91 Å². The fourth-order valence-corrected chi connectivity index (χ4v) is 4.02. The number of benzene rings is 3. The Morgan fingerprint density at radius 2 is 1.68 bits per heavy atom. The normalized spacial score (nSPS) is 10.8. The van der Waals surface area contributed by atoms with Gasteiger partial charge in [-0.1, -0.05) is 48.0 Å². The van der Waals surface area contributed by atoms with Crippen LogP contribution in [0.4, 0.5) is 10.3 Å². The molecule has 7 nitrogen and oxygen atoms in total. The van der Waals surface area contributed by atoms with Gasteiger partial charge in [0, 0.05) is 23.0 Å². The smallest absolute Gasteiger partial charge is 0.254 e. The number of anilines is 1. The number of nitrogens with one attached hydrogen (secondary N) is 1. The Bertz CT molecular complexity index is 1530. The van der Waals surface area contributed by atoms with Crippen molar-refractivity contribution in [1.29, 1.82) is 0 Å². The summed E-state index contributed by atoms with van der Waals surface area (Å²) in [7, 11) is 0. The molecule has 0 aliphatic carbocycles. The molecule has 0 saturated heterocycles. The van der Waals surface area contributed by atoms with E-state index >= 15 is 0 Å². The Balaban J connectivity index is 1.42. The summed E-state index contributed by atoms with van der Waals surface area (Å²) in [5.74, 6) is -0.307. The number of carbonyl (C=O) groups is 2. The van der Waals surface area contributed by atoms with Crippen LogP contribution in [-0.2, 0) is 11.3 Å². The van der Waals surface area contributed by atoms with Crippen LogP contribution >= 0.6 is 0 Å². The molecule has 0 aliphatic heterocycles. The van der Waals surface area contributed by atoms with Crippen molar-refractivity contribution in [3.05, 3.63) is 126 Å². The van der Waals surface area contributed by atoms with Crippen LogP contribution in [0.25, 0.3) is 16.9 Å². The number of rotatable bonds is 8. The zero-order chi connectivity index (χ0) is 26.5. The van der Waals surface area contributed by atoms with Gasteiger partial charge < -0.3 is 9.32 Å². The van der Waals surface area contributed by atoms with E-state index in [9.17, 15) is 14.0 Å². The topological polar surface area (TPSA) is 80.4 Å². The van der Waals surface area contributed by atoms with Gasteiger partial charge in [-0.25, -0.2) is 9.37 Å². The van der Waals surface area contributed by atoms with Crippen LogP contribution < -0.4 is 5.32 Å². The van der Waals surface area contributed by atoms with Crippen LogP contribution in [0.1, 0.15) is 21.7 Å². The van der Waals surface area contributed by atoms with Gasteiger partial charge in [0.15, 0.2) is 0 Å². The van der Waals surface area contributed by atoms with Crippen molar-refractivity contribution in [2.45, 2.75) is 13.5 Å². The Labute approximate surface area is 219 Å². The number of aromatic nitrogens is 2. The van der Waals surface area contributed by atoms with E-state index < -0.39 is 5.91 Å². The fourth-order valence-electron chi connectivity index (χ4n) is 4.02. The second kappa shape index (κ2) is 11.0. The van der Waals surface area contributed by atoms with Crippen LogP contribution in [0.2, 0.25) is 0 Å². The lowest BCUT2D eigenvalue weighted by atomic mass is 10.1. The Morgan fingerprint density at radius 3 is 2.37 bits per heavy atom. The quantitative estimate of drug-likeness (QED) is 0.285. The third kappa shape index (κ3) is 5.70. The summed E-state index contributed by atoms with van der Waals surface area (Å²) >= 11 is 0. The first-order valence-electron chi connectivity index (χ1n) is 12.1. The van der Waals surface area contributed by atoms with E-state index in [0.29, 0.717) is 22.7 Å². The molecule has 0 saturated carbocycles. The molecule has 0 radical (unpaired) electrons. The number of amides is 2. The molecular weight excluding hydrogens is 483 g/mol. The van der Waals surface area contributed by atoms with Gasteiger partial charge in [0.2, 0.25) is 11.9 Å². The molecule has 190 valence electrons. The van der Waals surface area contributed by atoms with E-state index in [-0.39, 0.29) is 30.8 Å². The molecule has 2 aromatic heterocycles. The lowest BCUT2D eigenvalue weighted by molar-refractivity contribution is -0.117. The Hall–Kier alpha value is -4.98. The van der Waals surface area contributed by atoms with E-state index in [1.807, 2.05) is 49.4 Å². The van der Waals surface area contributed by atoms with Crippen molar-refractivity contribution in [1.82, 2.24) is 14.5 Å². The molecule has 0 unspecified atom stereocenters. The molecule has 3 aromatic carbocycles. The number of imidazole rings is 1. The SMILES string of the molecule is Cc1ccc(C(=O)N(CC(=O)Nc2nc(-c3ccccc3)cn2-c2ccc(F)cc2)Cc2ccco2)cc1. The molecule has 0 aliphatic rings. The predicted molar refractivity (Wildman–Crippen MR) is 142 cm³/mol. The zero-order valence-electron chi connectivity index (χ0n) is 20.7. The summed E-state index contributed by atoms with van der Waals surface area (Å²) in [5.41, 5.74) is 3.61. The lowest BCUT2D eigenvalue weighted by Gasteiger charge is -2.21. The number of nitrogens with zero attached hydrogens (tertiary/aromatic N) is 3. The van der Waals surface area contributed by atoms with Gasteiger partial charge in [-0.2, -0.15) is 0 Å². The van der Waals surface area contributed by atoms with Crippen molar-refractivity contribution in [3.8, 4) is 16.9 Å². The van der Waals surface area contributed by atoms with Crippen molar-refractivity contribution >= 4 is 17.8 Å². The molecule has 0 atom stereocenters. The lowest BCUT2D eigenvalue weighted by Crippen LogP contribution is -2.37. The predicted octanol–water partition coefficient (Wildman–Crippen LogP) is 5.86. The van der Waals surface area contributed by atoms with Crippen LogP contribution in [0.15, 0.2) is 108 Å². The van der Waals surface area contributed by atoms with Crippen molar-refractivity contribution in [2.75, 3.05) is 11.9 Å². The Kier molecular flexibility index (Phi) is 7.13. The summed E-state index contributed by atoms with van der Waals surface area (Å²) in [6.45, 7) is 1.83. The first-order chi connectivity index (χ1) is 18.5. The highest BCUT2D eigenvalue weighted by atomic mass is 19.1. The molecule has 8 heteroatoms. The van der Waals surface area contributed by atoms with Crippen molar-refractivity contribution < 1.29 is 18.4 Å². The number of carbonyl (C=O) groups excluding carboxylic acids is 2. The summed E-state index contributed by atoms with van der Waals surface area (Å²) in [5, 5.41) is 2.83. The molecule has 5 rings (SSSR count). The van der Waals surface area contributed by atoms with Gasteiger partial charge in [0.1, 0.15) is 18.1 Å². The third-order valence-corrected chi connectivity index (χ3v) is 5.98. The highest BCUT2D eigenvalue weighted by Gasteiger charge is 2.22.